The average Bonchev–Trinajstić information content (AvgIpc) is 2.91. The zero-order valence-corrected chi connectivity index (χ0v) is 17.7. The molecule has 2 aromatic rings. The van der Waals surface area contributed by atoms with E-state index < -0.39 is 0 Å². The van der Waals surface area contributed by atoms with E-state index in [1.807, 2.05) is 6.92 Å². The fourth-order valence-electron chi connectivity index (χ4n) is 4.06. The summed E-state index contributed by atoms with van der Waals surface area (Å²) in [5.74, 6) is 0. The van der Waals surface area contributed by atoms with Gasteiger partial charge in [-0.25, -0.2) is 0 Å². The molecule has 0 N–H and O–H groups in total. The molecule has 0 amide bonds. The minimum absolute atomic E-state index is 0.0264. The zero-order chi connectivity index (χ0) is 20.1. The molecular weight excluding hydrogens is 342 g/mol. The van der Waals surface area contributed by atoms with Crippen LogP contribution in [0.4, 0.5) is 5.69 Å². The van der Waals surface area contributed by atoms with E-state index in [1.54, 1.807) is 0 Å². The van der Waals surface area contributed by atoms with Crippen molar-refractivity contribution in [3.05, 3.63) is 95.2 Å². The van der Waals surface area contributed by atoms with Crippen LogP contribution < -0.4 is 4.90 Å². The summed E-state index contributed by atoms with van der Waals surface area (Å²) in [5, 5.41) is 0. The first kappa shape index (κ1) is 20.2. The third-order valence-electron chi connectivity index (χ3n) is 5.56. The van der Waals surface area contributed by atoms with Crippen molar-refractivity contribution in [1.82, 2.24) is 0 Å². The second kappa shape index (κ2) is 8.62. The average molecular weight is 374 g/mol. The third-order valence-corrected chi connectivity index (χ3v) is 5.56. The molecule has 1 aliphatic rings. The maximum Gasteiger partial charge on any atom is 0.0722 e. The first-order chi connectivity index (χ1) is 13.5. The third kappa shape index (κ3) is 3.83. The van der Waals surface area contributed by atoms with Crippen LogP contribution in [0.2, 0.25) is 0 Å². The molecule has 0 aromatic heterocycles. The maximum absolute atomic E-state index is 5.80. The Morgan fingerprint density at radius 3 is 2.36 bits per heavy atom. The van der Waals surface area contributed by atoms with E-state index in [-0.39, 0.29) is 5.41 Å². The summed E-state index contributed by atoms with van der Waals surface area (Å²) >= 11 is 0. The second-order valence-corrected chi connectivity index (χ2v) is 7.65. The maximum atomic E-state index is 5.80. The minimum Gasteiger partial charge on any atom is -0.377 e. The van der Waals surface area contributed by atoms with Crippen molar-refractivity contribution < 1.29 is 4.74 Å². The van der Waals surface area contributed by atoms with Crippen LogP contribution in [-0.4, -0.2) is 20.3 Å². The summed E-state index contributed by atoms with van der Waals surface area (Å²) in [5.41, 5.74) is 7.57. The van der Waals surface area contributed by atoms with Crippen molar-refractivity contribution >= 4 is 11.3 Å². The number of likely N-dealkylation sites (N-methyl/N-ethyl adjacent to an activating group) is 1. The van der Waals surface area contributed by atoms with E-state index in [1.165, 1.54) is 33.7 Å². The monoisotopic (exact) mass is 373 g/mol. The highest BCUT2D eigenvalue weighted by molar-refractivity contribution is 5.80. The summed E-state index contributed by atoms with van der Waals surface area (Å²) in [6, 6.07) is 19.2. The van der Waals surface area contributed by atoms with Crippen LogP contribution in [0.15, 0.2) is 84.1 Å². The summed E-state index contributed by atoms with van der Waals surface area (Å²) in [7, 11) is 2.16. The van der Waals surface area contributed by atoms with Gasteiger partial charge in [0.25, 0.3) is 0 Å². The van der Waals surface area contributed by atoms with E-state index in [0.29, 0.717) is 13.2 Å². The molecule has 0 radical (unpaired) electrons. The lowest BCUT2D eigenvalue weighted by atomic mass is 9.83. The number of hydrogen-bond donors (Lipinski definition) is 0. The van der Waals surface area contributed by atoms with Crippen molar-refractivity contribution in [2.24, 2.45) is 0 Å². The number of benzene rings is 2. The predicted octanol–water partition coefficient (Wildman–Crippen LogP) is 6.36. The molecule has 2 heteroatoms. The molecular formula is C26H31NO. The second-order valence-electron chi connectivity index (χ2n) is 7.65. The van der Waals surface area contributed by atoms with Gasteiger partial charge in [0.15, 0.2) is 0 Å². The Hall–Kier alpha value is -2.58. The van der Waals surface area contributed by atoms with E-state index in [9.17, 15) is 0 Å². The largest absolute Gasteiger partial charge is 0.377 e. The van der Waals surface area contributed by atoms with Gasteiger partial charge in [0.05, 0.1) is 6.61 Å². The van der Waals surface area contributed by atoms with Gasteiger partial charge in [-0.1, -0.05) is 74.5 Å². The highest BCUT2D eigenvalue weighted by atomic mass is 16.5. The van der Waals surface area contributed by atoms with Gasteiger partial charge < -0.3 is 9.64 Å². The smallest absolute Gasteiger partial charge is 0.0722 e. The lowest BCUT2D eigenvalue weighted by Gasteiger charge is -2.24. The van der Waals surface area contributed by atoms with Gasteiger partial charge in [0, 0.05) is 30.5 Å². The van der Waals surface area contributed by atoms with Crippen LogP contribution in [0.3, 0.4) is 0 Å². The Morgan fingerprint density at radius 2 is 1.71 bits per heavy atom. The number of rotatable bonds is 6. The zero-order valence-electron chi connectivity index (χ0n) is 17.7. The van der Waals surface area contributed by atoms with Crippen LogP contribution >= 0.6 is 0 Å². The van der Waals surface area contributed by atoms with Crippen molar-refractivity contribution in [2.75, 3.05) is 25.2 Å². The Bertz CT molecular complexity index is 903. The number of anilines is 1. The number of hydrogen-bond acceptors (Lipinski definition) is 2. The molecule has 0 unspecified atom stereocenters. The van der Waals surface area contributed by atoms with E-state index in [2.05, 4.69) is 106 Å². The molecule has 146 valence electrons. The number of nitrogens with zero attached hydrogens (tertiary/aromatic N) is 1. The first-order valence-corrected chi connectivity index (χ1v) is 10.0. The standard InChI is InChI=1S/C26H31NO/c1-6-22(20-13-9-8-10-14-20)21(19-28-7-2)17-18-25-26(3,4)23-15-11-12-16-24(23)27(25)5/h6,8-18H,7,19H2,1-5H3/b21-17-,22-6+,25-18+. The lowest BCUT2D eigenvalue weighted by Crippen LogP contribution is -2.22. The minimum atomic E-state index is -0.0264. The number of ether oxygens (including phenoxy) is 1. The van der Waals surface area contributed by atoms with Gasteiger partial charge in [-0.2, -0.15) is 0 Å². The molecule has 0 saturated carbocycles. The molecule has 0 aliphatic carbocycles. The Balaban J connectivity index is 2.02. The molecule has 0 atom stereocenters. The summed E-state index contributed by atoms with van der Waals surface area (Å²) in [6.07, 6.45) is 6.68. The summed E-state index contributed by atoms with van der Waals surface area (Å²) < 4.78 is 5.80. The van der Waals surface area contributed by atoms with Crippen molar-refractivity contribution in [3.63, 3.8) is 0 Å². The van der Waals surface area contributed by atoms with Gasteiger partial charge in [-0.05, 0) is 48.3 Å². The van der Waals surface area contributed by atoms with Crippen molar-refractivity contribution in [1.29, 1.82) is 0 Å². The summed E-state index contributed by atoms with van der Waals surface area (Å²) in [6.45, 7) is 10.0. The van der Waals surface area contributed by atoms with Crippen LogP contribution in [0, 0.1) is 0 Å². The molecule has 0 fully saturated rings. The van der Waals surface area contributed by atoms with Gasteiger partial charge in [-0.3, -0.25) is 0 Å². The molecule has 1 heterocycles. The van der Waals surface area contributed by atoms with Gasteiger partial charge in [-0.15, -0.1) is 0 Å². The van der Waals surface area contributed by atoms with Crippen molar-refractivity contribution in [2.45, 2.75) is 33.1 Å². The topological polar surface area (TPSA) is 12.5 Å². The van der Waals surface area contributed by atoms with Crippen LogP contribution in [-0.2, 0) is 10.2 Å². The quantitative estimate of drug-likeness (QED) is 0.546. The molecule has 0 spiro atoms. The molecule has 2 nitrogen and oxygen atoms in total. The Morgan fingerprint density at radius 1 is 1.04 bits per heavy atom. The van der Waals surface area contributed by atoms with Gasteiger partial charge in [0.2, 0.25) is 0 Å². The van der Waals surface area contributed by atoms with E-state index >= 15 is 0 Å². The summed E-state index contributed by atoms with van der Waals surface area (Å²) in [4.78, 5) is 2.31. The number of allylic oxidation sites excluding steroid dienone is 4. The van der Waals surface area contributed by atoms with Crippen molar-refractivity contribution in [3.8, 4) is 0 Å². The Labute approximate surface area is 169 Å². The first-order valence-electron chi connectivity index (χ1n) is 10.0. The lowest BCUT2D eigenvalue weighted by molar-refractivity contribution is 0.173. The fourth-order valence-corrected chi connectivity index (χ4v) is 4.06. The predicted molar refractivity (Wildman–Crippen MR) is 121 cm³/mol. The number of para-hydroxylation sites is 1. The normalized spacial score (nSPS) is 17.9. The molecule has 2 aromatic carbocycles. The van der Waals surface area contributed by atoms with E-state index in [4.69, 9.17) is 4.74 Å². The molecule has 0 bridgehead atoms. The fraction of sp³-hybridized carbons (Fsp3) is 0.308. The molecule has 0 saturated heterocycles. The number of fused-ring (bicyclic) bond motifs is 1. The SMILES string of the molecule is C/C=C(/C(=C\C=C1\N(C)c2ccccc2C1(C)C)COCC)c1ccccc1. The van der Waals surface area contributed by atoms with Gasteiger partial charge in [0.1, 0.15) is 0 Å². The Kier molecular flexibility index (Phi) is 6.21. The molecule has 28 heavy (non-hydrogen) atoms. The van der Waals surface area contributed by atoms with Gasteiger partial charge >= 0.3 is 0 Å². The van der Waals surface area contributed by atoms with E-state index in [0.717, 1.165) is 0 Å². The highest BCUT2D eigenvalue weighted by Crippen LogP contribution is 2.46. The van der Waals surface area contributed by atoms with Crippen LogP contribution in [0.1, 0.15) is 38.8 Å². The molecule has 3 rings (SSSR count). The van der Waals surface area contributed by atoms with Crippen LogP contribution in [0.5, 0.6) is 0 Å². The van der Waals surface area contributed by atoms with Crippen LogP contribution in [0.25, 0.3) is 5.57 Å². The molecule has 1 aliphatic heterocycles. The highest BCUT2D eigenvalue weighted by Gasteiger charge is 2.37.